The molecule has 21 heavy (non-hydrogen) atoms. The molecule has 0 aliphatic rings. The average Bonchev–Trinajstić information content (AvgIpc) is 2.81. The Morgan fingerprint density at radius 3 is 2.76 bits per heavy atom. The molecule has 3 aromatic rings. The molecule has 0 radical (unpaired) electrons. The lowest BCUT2D eigenvalue weighted by Crippen LogP contribution is -2.24. The minimum atomic E-state index is -0.209. The van der Waals surface area contributed by atoms with E-state index in [0.29, 0.717) is 16.5 Å². The van der Waals surface area contributed by atoms with Crippen LogP contribution in [0.4, 0.5) is 0 Å². The Labute approximate surface area is 140 Å². The van der Waals surface area contributed by atoms with Gasteiger partial charge in [-0.15, -0.1) is 11.3 Å². The van der Waals surface area contributed by atoms with Gasteiger partial charge in [-0.3, -0.25) is 14.2 Å². The molecule has 4 nitrogen and oxygen atoms in total. The Bertz CT molecular complexity index is 901. The van der Waals surface area contributed by atoms with Crippen LogP contribution in [0.1, 0.15) is 10.4 Å². The second-order valence-electron chi connectivity index (χ2n) is 4.36. The van der Waals surface area contributed by atoms with Gasteiger partial charge in [-0.1, -0.05) is 12.1 Å². The van der Waals surface area contributed by atoms with E-state index in [0.717, 1.165) is 7.57 Å². The zero-order valence-electron chi connectivity index (χ0n) is 10.5. The van der Waals surface area contributed by atoms with Crippen LogP contribution in [0, 0.1) is 0 Å². The third kappa shape index (κ3) is 2.86. The normalized spacial score (nSPS) is 11.0. The summed E-state index contributed by atoms with van der Waals surface area (Å²) < 4.78 is 2.95. The fourth-order valence-corrected chi connectivity index (χ4v) is 4.84. The van der Waals surface area contributed by atoms with E-state index in [2.05, 4.69) is 36.8 Å². The van der Waals surface area contributed by atoms with Gasteiger partial charge in [0.25, 0.3) is 5.56 Å². The maximum atomic E-state index is 12.3. The van der Waals surface area contributed by atoms with Crippen molar-refractivity contribution in [3.05, 3.63) is 60.1 Å². The van der Waals surface area contributed by atoms with Crippen LogP contribution in [-0.2, 0) is 6.54 Å². The summed E-state index contributed by atoms with van der Waals surface area (Å²) in [4.78, 5) is 28.9. The van der Waals surface area contributed by atoms with Crippen LogP contribution in [0.3, 0.4) is 0 Å². The number of nitrogens with zero attached hydrogens (tertiary/aromatic N) is 2. The van der Waals surface area contributed by atoms with E-state index in [4.69, 9.17) is 0 Å². The van der Waals surface area contributed by atoms with Crippen molar-refractivity contribution in [1.29, 1.82) is 0 Å². The van der Waals surface area contributed by atoms with Gasteiger partial charge in [0.1, 0.15) is 0 Å². The topological polar surface area (TPSA) is 52.0 Å². The average molecular weight is 428 g/mol. The molecule has 0 bridgehead atoms. The van der Waals surface area contributed by atoms with Crippen LogP contribution < -0.4 is 5.56 Å². The van der Waals surface area contributed by atoms with Gasteiger partial charge in [0, 0.05) is 5.56 Å². The number of ketones is 1. The van der Waals surface area contributed by atoms with Gasteiger partial charge in [0.2, 0.25) is 0 Å². The van der Waals surface area contributed by atoms with E-state index in [9.17, 15) is 9.59 Å². The summed E-state index contributed by atoms with van der Waals surface area (Å²) in [5.41, 5.74) is 0.983. The largest absolute Gasteiger partial charge is 0.292 e. The Morgan fingerprint density at radius 2 is 2.05 bits per heavy atom. The van der Waals surface area contributed by atoms with E-state index < -0.39 is 0 Å². The van der Waals surface area contributed by atoms with Crippen molar-refractivity contribution >= 4 is 59.9 Å². The van der Waals surface area contributed by atoms with Gasteiger partial charge in [-0.05, 0) is 50.1 Å². The number of benzene rings is 1. The predicted molar refractivity (Wildman–Crippen MR) is 90.1 cm³/mol. The summed E-state index contributed by atoms with van der Waals surface area (Å²) in [6.45, 7) is -0.0293. The molecule has 0 unspecified atom stereocenters. The molecule has 106 valence electrons. The van der Waals surface area contributed by atoms with Gasteiger partial charge in [-0.25, -0.2) is 4.98 Å². The molecule has 1 aromatic carbocycles. The molecule has 7 heteroatoms. The molecule has 0 spiro atoms. The number of para-hydroxylation sites is 1. The third-order valence-electron chi connectivity index (χ3n) is 3.00. The highest BCUT2D eigenvalue weighted by atomic mass is 79.9. The number of hydrogen-bond acceptors (Lipinski definition) is 4. The highest BCUT2D eigenvalue weighted by Gasteiger charge is 2.15. The van der Waals surface area contributed by atoms with Gasteiger partial charge >= 0.3 is 0 Å². The fraction of sp³-hybridized carbons (Fsp3) is 0.0714. The van der Waals surface area contributed by atoms with Crippen LogP contribution in [0.15, 0.2) is 49.0 Å². The SMILES string of the molecule is O=C(Cn1cnc2ccccc2c1=O)c1cc(Br)sc1Br. The highest BCUT2D eigenvalue weighted by molar-refractivity contribution is 9.12. The Morgan fingerprint density at radius 1 is 1.29 bits per heavy atom. The highest BCUT2D eigenvalue weighted by Crippen LogP contribution is 2.32. The summed E-state index contributed by atoms with van der Waals surface area (Å²) in [5.74, 6) is -0.136. The molecule has 2 heterocycles. The summed E-state index contributed by atoms with van der Waals surface area (Å²) >= 11 is 8.12. The molecule has 0 aliphatic heterocycles. The molecule has 0 saturated heterocycles. The lowest BCUT2D eigenvalue weighted by molar-refractivity contribution is 0.0970. The van der Waals surface area contributed by atoms with Gasteiger partial charge in [0.05, 0.1) is 31.3 Å². The molecule has 0 N–H and O–H groups in total. The quantitative estimate of drug-likeness (QED) is 0.596. The standard InChI is InChI=1S/C14H8Br2N2O2S/c15-12-5-9(13(16)21-12)11(19)6-18-7-17-10-4-2-1-3-8(10)14(18)20/h1-5,7H,6H2. The maximum Gasteiger partial charge on any atom is 0.261 e. The zero-order valence-corrected chi connectivity index (χ0v) is 14.5. The zero-order chi connectivity index (χ0) is 15.0. The lowest BCUT2D eigenvalue weighted by Gasteiger charge is -2.05. The van der Waals surface area contributed by atoms with E-state index in [-0.39, 0.29) is 17.9 Å². The van der Waals surface area contributed by atoms with Crippen molar-refractivity contribution in [2.24, 2.45) is 0 Å². The first-order valence-corrected chi connectivity index (χ1v) is 8.39. The molecular weight excluding hydrogens is 420 g/mol. The Kier molecular flexibility index (Phi) is 4.05. The van der Waals surface area contributed by atoms with Crippen LogP contribution in [-0.4, -0.2) is 15.3 Å². The van der Waals surface area contributed by atoms with Crippen molar-refractivity contribution in [1.82, 2.24) is 9.55 Å². The number of carbonyl (C=O) groups excluding carboxylic acids is 1. The Balaban J connectivity index is 1.99. The van der Waals surface area contributed by atoms with Crippen LogP contribution in [0.2, 0.25) is 0 Å². The molecule has 0 amide bonds. The van der Waals surface area contributed by atoms with Crippen molar-refractivity contribution in [2.75, 3.05) is 0 Å². The van der Waals surface area contributed by atoms with Gasteiger partial charge < -0.3 is 0 Å². The lowest BCUT2D eigenvalue weighted by atomic mass is 10.2. The number of rotatable bonds is 3. The molecule has 3 rings (SSSR count). The number of hydrogen-bond donors (Lipinski definition) is 0. The maximum absolute atomic E-state index is 12.3. The van der Waals surface area contributed by atoms with Crippen LogP contribution >= 0.6 is 43.2 Å². The Hall–Kier alpha value is -1.31. The fourth-order valence-electron chi connectivity index (χ4n) is 1.99. The number of fused-ring (bicyclic) bond motifs is 1. The first-order valence-electron chi connectivity index (χ1n) is 5.98. The molecular formula is C14H8Br2N2O2S. The number of Topliss-reactive ketones (excluding diaryl/α,β-unsaturated/α-hetero) is 1. The van der Waals surface area contributed by atoms with Crippen molar-refractivity contribution in [2.45, 2.75) is 6.54 Å². The smallest absolute Gasteiger partial charge is 0.261 e. The number of aromatic nitrogens is 2. The summed E-state index contributed by atoms with van der Waals surface area (Å²) in [7, 11) is 0. The van der Waals surface area contributed by atoms with E-state index in [1.54, 1.807) is 24.3 Å². The van der Waals surface area contributed by atoms with E-state index in [1.165, 1.54) is 22.2 Å². The van der Waals surface area contributed by atoms with E-state index >= 15 is 0 Å². The van der Waals surface area contributed by atoms with Crippen molar-refractivity contribution < 1.29 is 4.79 Å². The van der Waals surface area contributed by atoms with Gasteiger partial charge in [0.15, 0.2) is 5.78 Å². The molecule has 2 aromatic heterocycles. The second kappa shape index (κ2) is 5.82. The summed E-state index contributed by atoms with van der Waals surface area (Å²) in [5, 5.41) is 0.512. The van der Waals surface area contributed by atoms with Crippen LogP contribution in [0.5, 0.6) is 0 Å². The second-order valence-corrected chi connectivity index (χ2v) is 8.11. The number of halogens is 2. The number of carbonyl (C=O) groups is 1. The first-order chi connectivity index (χ1) is 10.1. The van der Waals surface area contributed by atoms with Crippen molar-refractivity contribution in [3.8, 4) is 0 Å². The summed E-state index contributed by atoms with van der Waals surface area (Å²) in [6.07, 6.45) is 1.41. The monoisotopic (exact) mass is 426 g/mol. The first kappa shape index (κ1) is 14.6. The molecule has 0 atom stereocenters. The molecule has 0 fully saturated rings. The molecule has 0 aliphatic carbocycles. The molecule has 0 saturated carbocycles. The van der Waals surface area contributed by atoms with Gasteiger partial charge in [-0.2, -0.15) is 0 Å². The van der Waals surface area contributed by atoms with Crippen molar-refractivity contribution in [3.63, 3.8) is 0 Å². The van der Waals surface area contributed by atoms with E-state index in [1.807, 2.05) is 6.07 Å². The minimum absolute atomic E-state index is 0.0293. The third-order valence-corrected chi connectivity index (χ3v) is 5.34. The predicted octanol–water partition coefficient (Wildman–Crippen LogP) is 3.87. The van der Waals surface area contributed by atoms with Crippen LogP contribution in [0.25, 0.3) is 10.9 Å². The minimum Gasteiger partial charge on any atom is -0.292 e. The summed E-state index contributed by atoms with van der Waals surface area (Å²) in [6, 6.07) is 8.84. The number of thiophene rings is 1.